The lowest BCUT2D eigenvalue weighted by atomic mass is 9.89. The number of halogens is 1. The van der Waals surface area contributed by atoms with Gasteiger partial charge in [-0.3, -0.25) is 0 Å². The van der Waals surface area contributed by atoms with Crippen molar-refractivity contribution >= 4 is 10.8 Å². The lowest BCUT2D eigenvalue weighted by Crippen LogP contribution is -2.11. The Kier molecular flexibility index (Phi) is 4.47. The molecule has 1 atom stereocenters. The van der Waals surface area contributed by atoms with E-state index < -0.39 is 0 Å². The smallest absolute Gasteiger partial charge is 0.127 e. The second-order valence-electron chi connectivity index (χ2n) is 5.68. The highest BCUT2D eigenvalue weighted by Crippen LogP contribution is 2.32. The molecule has 0 radical (unpaired) electrons. The summed E-state index contributed by atoms with van der Waals surface area (Å²) in [7, 11) is 0. The van der Waals surface area contributed by atoms with Crippen LogP contribution in [-0.2, 0) is 6.54 Å². The summed E-state index contributed by atoms with van der Waals surface area (Å²) in [5.41, 5.74) is 0.820. The maximum absolute atomic E-state index is 14.6. The molecule has 0 saturated carbocycles. The van der Waals surface area contributed by atoms with Crippen LogP contribution in [0.5, 0.6) is 0 Å². The molecule has 0 aliphatic rings. The van der Waals surface area contributed by atoms with E-state index in [1.54, 1.807) is 18.7 Å². The molecule has 1 unspecified atom stereocenters. The Morgan fingerprint density at radius 3 is 2.64 bits per heavy atom. The van der Waals surface area contributed by atoms with Crippen molar-refractivity contribution in [3.05, 3.63) is 60.4 Å². The van der Waals surface area contributed by atoms with Gasteiger partial charge in [0.05, 0.1) is 0 Å². The molecule has 3 aromatic rings. The van der Waals surface area contributed by atoms with Gasteiger partial charge in [-0.2, -0.15) is 0 Å². The first-order chi connectivity index (χ1) is 10.8. The Bertz CT molecular complexity index is 737. The molecule has 0 fully saturated rings. The summed E-state index contributed by atoms with van der Waals surface area (Å²) in [4.78, 5) is 0. The van der Waals surface area contributed by atoms with Crippen molar-refractivity contribution in [2.75, 3.05) is 0 Å². The van der Waals surface area contributed by atoms with Gasteiger partial charge in [-0.1, -0.05) is 50.1 Å². The molecule has 0 saturated heterocycles. The van der Waals surface area contributed by atoms with E-state index in [2.05, 4.69) is 17.1 Å². The van der Waals surface area contributed by atoms with Crippen molar-refractivity contribution in [2.24, 2.45) is 0 Å². The Balaban J connectivity index is 2.04. The topological polar surface area (TPSA) is 30.7 Å². The number of hydrogen-bond acceptors (Lipinski definition) is 2. The van der Waals surface area contributed by atoms with Crippen LogP contribution >= 0.6 is 0 Å². The van der Waals surface area contributed by atoms with Crippen molar-refractivity contribution in [3.63, 3.8) is 0 Å². The van der Waals surface area contributed by atoms with Crippen LogP contribution < -0.4 is 0 Å². The number of benzene rings is 2. The fourth-order valence-electron chi connectivity index (χ4n) is 3.03. The molecule has 3 rings (SSSR count). The number of hydrogen-bond donors (Lipinski definition) is 0. The zero-order valence-electron chi connectivity index (χ0n) is 12.7. The summed E-state index contributed by atoms with van der Waals surface area (Å²) in [5, 5.41) is 9.80. The highest BCUT2D eigenvalue weighted by atomic mass is 19.1. The number of rotatable bonds is 6. The van der Waals surface area contributed by atoms with E-state index in [1.165, 1.54) is 0 Å². The van der Waals surface area contributed by atoms with Gasteiger partial charge in [0.15, 0.2) is 0 Å². The van der Waals surface area contributed by atoms with Gasteiger partial charge in [-0.05, 0) is 23.3 Å². The van der Waals surface area contributed by atoms with E-state index in [4.69, 9.17) is 0 Å². The summed E-state index contributed by atoms with van der Waals surface area (Å²) in [6, 6.07) is 11.4. The molecule has 0 aliphatic heterocycles. The van der Waals surface area contributed by atoms with Gasteiger partial charge in [0.2, 0.25) is 0 Å². The molecule has 0 aliphatic carbocycles. The number of nitrogens with zero attached hydrogens (tertiary/aromatic N) is 3. The highest BCUT2D eigenvalue weighted by Gasteiger charge is 2.19. The molecule has 1 aromatic heterocycles. The minimum absolute atomic E-state index is 0.118. The molecule has 4 heteroatoms. The zero-order chi connectivity index (χ0) is 15.4. The van der Waals surface area contributed by atoms with Gasteiger partial charge in [-0.25, -0.2) is 4.39 Å². The third kappa shape index (κ3) is 3.01. The minimum Gasteiger partial charge on any atom is -0.320 e. The predicted molar refractivity (Wildman–Crippen MR) is 86.2 cm³/mol. The van der Waals surface area contributed by atoms with Crippen molar-refractivity contribution in [3.8, 4) is 0 Å². The second-order valence-corrected chi connectivity index (χ2v) is 5.68. The molecule has 0 amide bonds. The van der Waals surface area contributed by atoms with Crippen LogP contribution in [-0.4, -0.2) is 14.8 Å². The standard InChI is InChI=1S/C18H20FN3/c1-2-3-6-15(11-22-12-20-21-13-22)18-16-8-5-4-7-14(16)9-10-17(18)19/h4-5,7-10,12-13,15H,2-3,6,11H2,1H3. The summed E-state index contributed by atoms with van der Waals surface area (Å²) >= 11 is 0. The third-order valence-corrected chi connectivity index (χ3v) is 4.13. The molecule has 114 valence electrons. The fraction of sp³-hybridized carbons (Fsp3) is 0.333. The zero-order valence-corrected chi connectivity index (χ0v) is 12.7. The number of aromatic nitrogens is 3. The number of fused-ring (bicyclic) bond motifs is 1. The fourth-order valence-corrected chi connectivity index (χ4v) is 3.03. The molecule has 0 spiro atoms. The van der Waals surface area contributed by atoms with E-state index in [-0.39, 0.29) is 11.7 Å². The first kappa shape index (κ1) is 14.7. The molecule has 3 nitrogen and oxygen atoms in total. The Morgan fingerprint density at radius 2 is 1.86 bits per heavy atom. The normalized spacial score (nSPS) is 12.6. The maximum Gasteiger partial charge on any atom is 0.127 e. The number of unbranched alkanes of at least 4 members (excludes halogenated alkanes) is 1. The van der Waals surface area contributed by atoms with E-state index in [9.17, 15) is 4.39 Å². The monoisotopic (exact) mass is 297 g/mol. The first-order valence-corrected chi connectivity index (χ1v) is 7.79. The Labute approximate surface area is 129 Å². The summed E-state index contributed by atoms with van der Waals surface area (Å²) in [6.45, 7) is 2.87. The van der Waals surface area contributed by atoms with Crippen molar-refractivity contribution in [1.82, 2.24) is 14.8 Å². The predicted octanol–water partition coefficient (Wildman–Crippen LogP) is 4.54. The van der Waals surface area contributed by atoms with Crippen LogP contribution in [0.3, 0.4) is 0 Å². The van der Waals surface area contributed by atoms with Gasteiger partial charge in [0.1, 0.15) is 18.5 Å². The van der Waals surface area contributed by atoms with Gasteiger partial charge < -0.3 is 4.57 Å². The average molecular weight is 297 g/mol. The third-order valence-electron chi connectivity index (χ3n) is 4.13. The Hall–Kier alpha value is -2.23. The van der Waals surface area contributed by atoms with Crippen LogP contribution in [0.1, 0.15) is 37.7 Å². The summed E-state index contributed by atoms with van der Waals surface area (Å²) in [5.74, 6) is 0.00919. The molecule has 2 aromatic carbocycles. The molecule has 0 bridgehead atoms. The van der Waals surface area contributed by atoms with Crippen LogP contribution in [0, 0.1) is 5.82 Å². The quantitative estimate of drug-likeness (QED) is 0.668. The first-order valence-electron chi connectivity index (χ1n) is 7.79. The molecule has 22 heavy (non-hydrogen) atoms. The largest absolute Gasteiger partial charge is 0.320 e. The van der Waals surface area contributed by atoms with Crippen LogP contribution in [0.15, 0.2) is 49.1 Å². The van der Waals surface area contributed by atoms with Gasteiger partial charge in [-0.15, -0.1) is 10.2 Å². The Morgan fingerprint density at radius 1 is 1.09 bits per heavy atom. The van der Waals surface area contributed by atoms with Gasteiger partial charge in [0, 0.05) is 18.0 Å². The molecular weight excluding hydrogens is 277 g/mol. The highest BCUT2D eigenvalue weighted by molar-refractivity contribution is 5.86. The summed E-state index contributed by atoms with van der Waals surface area (Å²) in [6.07, 6.45) is 6.53. The van der Waals surface area contributed by atoms with E-state index in [0.717, 1.165) is 35.6 Å². The molecule has 0 N–H and O–H groups in total. The van der Waals surface area contributed by atoms with Crippen molar-refractivity contribution < 1.29 is 4.39 Å². The van der Waals surface area contributed by atoms with Gasteiger partial charge >= 0.3 is 0 Å². The SMILES string of the molecule is CCCCC(Cn1cnnc1)c1c(F)ccc2ccccc12. The molecular formula is C18H20FN3. The lowest BCUT2D eigenvalue weighted by molar-refractivity contribution is 0.483. The summed E-state index contributed by atoms with van der Waals surface area (Å²) < 4.78 is 16.5. The van der Waals surface area contributed by atoms with E-state index in [1.807, 2.05) is 34.9 Å². The second kappa shape index (κ2) is 6.69. The van der Waals surface area contributed by atoms with Crippen molar-refractivity contribution in [2.45, 2.75) is 38.6 Å². The van der Waals surface area contributed by atoms with E-state index in [0.29, 0.717) is 6.54 Å². The minimum atomic E-state index is -0.118. The van der Waals surface area contributed by atoms with Crippen LogP contribution in [0.4, 0.5) is 4.39 Å². The van der Waals surface area contributed by atoms with Crippen molar-refractivity contribution in [1.29, 1.82) is 0 Å². The lowest BCUT2D eigenvalue weighted by Gasteiger charge is -2.20. The average Bonchev–Trinajstić information content (AvgIpc) is 3.05. The molecule has 1 heterocycles. The van der Waals surface area contributed by atoms with E-state index >= 15 is 0 Å². The van der Waals surface area contributed by atoms with Crippen LogP contribution in [0.2, 0.25) is 0 Å². The van der Waals surface area contributed by atoms with Gasteiger partial charge in [0.25, 0.3) is 0 Å². The van der Waals surface area contributed by atoms with Crippen LogP contribution in [0.25, 0.3) is 10.8 Å². The maximum atomic E-state index is 14.6.